The third kappa shape index (κ3) is 2.83. The van der Waals surface area contributed by atoms with E-state index in [0.717, 1.165) is 6.07 Å². The maximum Gasteiger partial charge on any atom is 0.243 e. The number of carbonyl (C=O) groups excluding carboxylic acids is 1. The maximum absolute atomic E-state index is 13.3. The Morgan fingerprint density at radius 1 is 1.20 bits per heavy atom. The van der Waals surface area contributed by atoms with Gasteiger partial charge in [0.1, 0.15) is 5.82 Å². The first-order valence-corrected chi connectivity index (χ1v) is 7.78. The predicted molar refractivity (Wildman–Crippen MR) is 72.1 cm³/mol. The number of sulfonamides is 1. The molecule has 110 valence electrons. The van der Waals surface area contributed by atoms with Gasteiger partial charge in [0.15, 0.2) is 0 Å². The Labute approximate surface area is 118 Å². The fourth-order valence-corrected chi connectivity index (χ4v) is 3.89. The Hall–Kier alpha value is -1.47. The Kier molecular flexibility index (Phi) is 4.10. The molecule has 7 heteroatoms. The number of benzene rings is 1. The van der Waals surface area contributed by atoms with Crippen LogP contribution in [0.25, 0.3) is 0 Å². The quantitative estimate of drug-likeness (QED) is 0.818. The molecule has 1 heterocycles. The molecule has 1 aromatic carbocycles. The van der Waals surface area contributed by atoms with Gasteiger partial charge < -0.3 is 4.90 Å². The van der Waals surface area contributed by atoms with Crippen molar-refractivity contribution in [3.05, 3.63) is 29.6 Å². The molecule has 20 heavy (non-hydrogen) atoms. The highest BCUT2D eigenvalue weighted by Gasteiger charge is 2.30. The summed E-state index contributed by atoms with van der Waals surface area (Å²) in [5, 5.41) is 0. The zero-order valence-electron chi connectivity index (χ0n) is 11.5. The number of hydrogen-bond acceptors (Lipinski definition) is 3. The molecular weight excluding hydrogens is 283 g/mol. The van der Waals surface area contributed by atoms with E-state index >= 15 is 0 Å². The molecular formula is C13H17FN2O3S. The lowest BCUT2D eigenvalue weighted by atomic mass is 10.2. The fourth-order valence-electron chi connectivity index (χ4n) is 2.23. The Morgan fingerprint density at radius 3 is 2.35 bits per heavy atom. The van der Waals surface area contributed by atoms with E-state index in [9.17, 15) is 17.6 Å². The molecule has 0 radical (unpaired) electrons. The summed E-state index contributed by atoms with van der Waals surface area (Å²) < 4.78 is 39.6. The predicted octanol–water partition coefficient (Wildman–Crippen LogP) is 0.987. The van der Waals surface area contributed by atoms with Gasteiger partial charge >= 0.3 is 0 Å². The largest absolute Gasteiger partial charge is 0.340 e. The fraction of sp³-hybridized carbons (Fsp3) is 0.462. The molecule has 5 nitrogen and oxygen atoms in total. The van der Waals surface area contributed by atoms with Gasteiger partial charge in [0.05, 0.1) is 4.90 Å². The number of hydrogen-bond donors (Lipinski definition) is 0. The minimum absolute atomic E-state index is 0.00576. The van der Waals surface area contributed by atoms with Crippen LogP contribution in [0.4, 0.5) is 4.39 Å². The second-order valence-electron chi connectivity index (χ2n) is 4.82. The summed E-state index contributed by atoms with van der Waals surface area (Å²) in [5.41, 5.74) is 0.514. The summed E-state index contributed by atoms with van der Waals surface area (Å²) in [6.07, 6.45) is 0. The van der Waals surface area contributed by atoms with Crippen molar-refractivity contribution < 1.29 is 17.6 Å². The van der Waals surface area contributed by atoms with Crippen molar-refractivity contribution >= 4 is 15.9 Å². The average molecular weight is 300 g/mol. The molecule has 1 aliphatic heterocycles. The third-order valence-electron chi connectivity index (χ3n) is 3.45. The molecule has 0 spiro atoms. The zero-order chi connectivity index (χ0) is 14.9. The van der Waals surface area contributed by atoms with E-state index in [2.05, 4.69) is 0 Å². The lowest BCUT2D eigenvalue weighted by Crippen LogP contribution is -2.50. The molecule has 1 saturated heterocycles. The summed E-state index contributed by atoms with van der Waals surface area (Å²) in [4.78, 5) is 12.8. The standard InChI is InChI=1S/C13H17FN2O3S/c1-10-3-4-12(14)9-13(10)20(18,19)16-7-5-15(6-8-16)11(2)17/h3-4,9H,5-8H2,1-2H3. The summed E-state index contributed by atoms with van der Waals surface area (Å²) >= 11 is 0. The SMILES string of the molecule is CC(=O)N1CCN(S(=O)(=O)c2cc(F)ccc2C)CC1. The van der Waals surface area contributed by atoms with Crippen LogP contribution in [0.5, 0.6) is 0 Å². The first-order valence-electron chi connectivity index (χ1n) is 6.34. The topological polar surface area (TPSA) is 57.7 Å². The molecule has 0 saturated carbocycles. The zero-order valence-corrected chi connectivity index (χ0v) is 12.3. The normalized spacial score (nSPS) is 17.2. The van der Waals surface area contributed by atoms with E-state index in [0.29, 0.717) is 18.7 Å². The first-order chi connectivity index (χ1) is 9.32. The molecule has 1 aliphatic rings. The van der Waals surface area contributed by atoms with Crippen LogP contribution in [0.3, 0.4) is 0 Å². The van der Waals surface area contributed by atoms with Gasteiger partial charge in [-0.05, 0) is 24.6 Å². The number of aryl methyl sites for hydroxylation is 1. The van der Waals surface area contributed by atoms with E-state index in [1.165, 1.54) is 23.4 Å². The first kappa shape index (κ1) is 14.9. The Morgan fingerprint density at radius 2 is 1.80 bits per heavy atom. The van der Waals surface area contributed by atoms with Crippen LogP contribution in [0.15, 0.2) is 23.1 Å². The summed E-state index contributed by atoms with van der Waals surface area (Å²) in [5.74, 6) is -0.638. The molecule has 1 amide bonds. The highest BCUT2D eigenvalue weighted by atomic mass is 32.2. The van der Waals surface area contributed by atoms with Crippen LogP contribution < -0.4 is 0 Å². The summed E-state index contributed by atoms with van der Waals surface area (Å²) in [6, 6.07) is 3.73. The maximum atomic E-state index is 13.3. The molecule has 1 fully saturated rings. The van der Waals surface area contributed by atoms with E-state index in [1.807, 2.05) is 0 Å². The van der Waals surface area contributed by atoms with Crippen molar-refractivity contribution in [2.45, 2.75) is 18.7 Å². The van der Waals surface area contributed by atoms with Gasteiger partial charge in [0.2, 0.25) is 15.9 Å². The van der Waals surface area contributed by atoms with Gasteiger partial charge in [-0.15, -0.1) is 0 Å². The third-order valence-corrected chi connectivity index (χ3v) is 5.49. The van der Waals surface area contributed by atoms with Crippen molar-refractivity contribution in [2.75, 3.05) is 26.2 Å². The molecule has 0 aliphatic carbocycles. The van der Waals surface area contributed by atoms with Crippen molar-refractivity contribution in [1.82, 2.24) is 9.21 Å². The Balaban J connectivity index is 2.24. The Bertz CT molecular complexity index is 623. The monoisotopic (exact) mass is 300 g/mol. The van der Waals surface area contributed by atoms with Crippen LogP contribution in [-0.4, -0.2) is 49.7 Å². The molecule has 2 rings (SSSR count). The second kappa shape index (κ2) is 5.49. The van der Waals surface area contributed by atoms with Gasteiger partial charge in [0, 0.05) is 33.1 Å². The smallest absolute Gasteiger partial charge is 0.243 e. The minimum Gasteiger partial charge on any atom is -0.340 e. The van der Waals surface area contributed by atoms with Crippen LogP contribution in [0.1, 0.15) is 12.5 Å². The van der Waals surface area contributed by atoms with Gasteiger partial charge in [-0.2, -0.15) is 4.31 Å². The molecule has 1 aromatic rings. The van der Waals surface area contributed by atoms with Crippen molar-refractivity contribution in [3.63, 3.8) is 0 Å². The minimum atomic E-state index is -3.71. The lowest BCUT2D eigenvalue weighted by Gasteiger charge is -2.33. The van der Waals surface area contributed by atoms with Crippen LogP contribution in [0.2, 0.25) is 0 Å². The van der Waals surface area contributed by atoms with Gasteiger partial charge in [0.25, 0.3) is 0 Å². The highest BCUT2D eigenvalue weighted by Crippen LogP contribution is 2.22. The van der Waals surface area contributed by atoms with Gasteiger partial charge in [-0.1, -0.05) is 6.07 Å². The molecule has 0 aromatic heterocycles. The molecule has 0 atom stereocenters. The number of nitrogens with zero attached hydrogens (tertiary/aromatic N) is 2. The summed E-state index contributed by atoms with van der Waals surface area (Å²) in [7, 11) is -3.71. The average Bonchev–Trinajstić information content (AvgIpc) is 2.41. The molecule has 0 N–H and O–H groups in total. The number of piperazine rings is 1. The second-order valence-corrected chi connectivity index (χ2v) is 6.73. The van der Waals surface area contributed by atoms with E-state index in [1.54, 1.807) is 11.8 Å². The summed E-state index contributed by atoms with van der Waals surface area (Å²) in [6.45, 7) is 4.29. The van der Waals surface area contributed by atoms with E-state index in [-0.39, 0.29) is 23.9 Å². The number of amides is 1. The molecule has 0 bridgehead atoms. The van der Waals surface area contributed by atoms with Crippen molar-refractivity contribution in [1.29, 1.82) is 0 Å². The number of rotatable bonds is 2. The number of halogens is 1. The van der Waals surface area contributed by atoms with Crippen molar-refractivity contribution in [2.24, 2.45) is 0 Å². The number of carbonyl (C=O) groups is 1. The highest BCUT2D eigenvalue weighted by molar-refractivity contribution is 7.89. The van der Waals surface area contributed by atoms with Gasteiger partial charge in [-0.25, -0.2) is 12.8 Å². The van der Waals surface area contributed by atoms with Crippen molar-refractivity contribution in [3.8, 4) is 0 Å². The van der Waals surface area contributed by atoms with Gasteiger partial charge in [-0.3, -0.25) is 4.79 Å². The molecule has 0 unspecified atom stereocenters. The van der Waals surface area contributed by atoms with E-state index in [4.69, 9.17) is 0 Å². The van der Waals surface area contributed by atoms with E-state index < -0.39 is 15.8 Å². The van der Waals surface area contributed by atoms with Crippen LogP contribution in [-0.2, 0) is 14.8 Å². The van der Waals surface area contributed by atoms with Crippen LogP contribution >= 0.6 is 0 Å². The van der Waals surface area contributed by atoms with Crippen LogP contribution in [0, 0.1) is 12.7 Å². The lowest BCUT2D eigenvalue weighted by molar-refractivity contribution is -0.129.